The van der Waals surface area contributed by atoms with Gasteiger partial charge in [0, 0.05) is 24.2 Å². The Labute approximate surface area is 177 Å². The summed E-state index contributed by atoms with van der Waals surface area (Å²) in [5, 5.41) is 10.9. The summed E-state index contributed by atoms with van der Waals surface area (Å²) in [5.74, 6) is -0.538. The van der Waals surface area contributed by atoms with Crippen LogP contribution in [0.25, 0.3) is 11.0 Å². The summed E-state index contributed by atoms with van der Waals surface area (Å²) in [7, 11) is 0. The van der Waals surface area contributed by atoms with E-state index in [1.54, 1.807) is 35.1 Å². The van der Waals surface area contributed by atoms with Crippen LogP contribution in [0, 0.1) is 0 Å². The number of anilines is 2. The molecule has 0 aliphatic rings. The first kappa shape index (κ1) is 19.6. The molecule has 0 saturated carbocycles. The number of halogens is 1. The molecule has 4 aromatic rings. The number of carbonyl (C=O) groups excluding carboxylic acids is 2. The highest BCUT2D eigenvalue weighted by atomic mass is 35.5. The molecule has 0 bridgehead atoms. The number of carbonyl (C=O) groups is 2. The molecule has 2 aromatic carbocycles. The van der Waals surface area contributed by atoms with Crippen molar-refractivity contribution in [2.24, 2.45) is 0 Å². The number of aromatic nitrogens is 3. The van der Waals surface area contributed by atoms with Gasteiger partial charge in [0.15, 0.2) is 5.65 Å². The first-order chi connectivity index (χ1) is 14.5. The number of nitrogens with zero attached hydrogens (tertiary/aromatic N) is 3. The summed E-state index contributed by atoms with van der Waals surface area (Å²) < 4.78 is 1.80. The number of nitrogens with one attached hydrogen (secondary N) is 2. The van der Waals surface area contributed by atoms with Gasteiger partial charge in [-0.3, -0.25) is 9.59 Å². The number of fused-ring (bicyclic) bond motifs is 1. The van der Waals surface area contributed by atoms with Crippen molar-refractivity contribution in [1.29, 1.82) is 0 Å². The van der Waals surface area contributed by atoms with Gasteiger partial charge in [-0.25, -0.2) is 9.67 Å². The first-order valence-corrected chi connectivity index (χ1v) is 9.61. The molecule has 0 atom stereocenters. The summed E-state index contributed by atoms with van der Waals surface area (Å²) in [6.45, 7) is 2.00. The fourth-order valence-corrected chi connectivity index (χ4v) is 3.28. The highest BCUT2D eigenvalue weighted by Crippen LogP contribution is 2.26. The number of pyridine rings is 1. The molecular formula is C22H18ClN5O2. The topological polar surface area (TPSA) is 88.9 Å². The van der Waals surface area contributed by atoms with Gasteiger partial charge in [-0.05, 0) is 29.8 Å². The van der Waals surface area contributed by atoms with Crippen molar-refractivity contribution in [2.75, 3.05) is 10.6 Å². The summed E-state index contributed by atoms with van der Waals surface area (Å²) in [6.07, 6.45) is 3.22. The van der Waals surface area contributed by atoms with Gasteiger partial charge in [-0.2, -0.15) is 5.10 Å². The third-order valence-corrected chi connectivity index (χ3v) is 4.76. The summed E-state index contributed by atoms with van der Waals surface area (Å²) in [4.78, 5) is 28.2. The number of rotatable bonds is 5. The second-order valence-electron chi connectivity index (χ2n) is 6.75. The third kappa shape index (κ3) is 4.31. The summed E-state index contributed by atoms with van der Waals surface area (Å²) in [5.41, 5.74) is 3.22. The molecule has 0 aliphatic carbocycles. The second kappa shape index (κ2) is 8.34. The van der Waals surface area contributed by atoms with Gasteiger partial charge >= 0.3 is 0 Å². The average molecular weight is 420 g/mol. The molecule has 0 aliphatic heterocycles. The van der Waals surface area contributed by atoms with Crippen LogP contribution in [-0.4, -0.2) is 26.6 Å². The Morgan fingerprint density at radius 3 is 2.57 bits per heavy atom. The van der Waals surface area contributed by atoms with Crippen LogP contribution in [-0.2, 0) is 11.3 Å². The SMILES string of the molecule is CC(=O)Nc1ccc(NC(=O)c2cnc3c(cnn3Cc3ccccc3)c2)cc1Cl. The Kier molecular flexibility index (Phi) is 5.45. The first-order valence-electron chi connectivity index (χ1n) is 9.23. The lowest BCUT2D eigenvalue weighted by molar-refractivity contribution is -0.114. The van der Waals surface area contributed by atoms with E-state index in [4.69, 9.17) is 11.6 Å². The fourth-order valence-electron chi connectivity index (χ4n) is 3.06. The largest absolute Gasteiger partial charge is 0.325 e. The summed E-state index contributed by atoms with van der Waals surface area (Å²) >= 11 is 6.16. The molecule has 0 radical (unpaired) electrons. The maximum atomic E-state index is 12.6. The molecular weight excluding hydrogens is 402 g/mol. The molecule has 8 heteroatoms. The molecule has 2 heterocycles. The smallest absolute Gasteiger partial charge is 0.257 e. The quantitative estimate of drug-likeness (QED) is 0.503. The van der Waals surface area contributed by atoms with E-state index < -0.39 is 0 Å². The third-order valence-electron chi connectivity index (χ3n) is 4.45. The van der Waals surface area contributed by atoms with Gasteiger partial charge in [0.05, 0.1) is 29.0 Å². The lowest BCUT2D eigenvalue weighted by Gasteiger charge is -2.09. The molecule has 0 saturated heterocycles. The Hall–Kier alpha value is -3.71. The lowest BCUT2D eigenvalue weighted by Crippen LogP contribution is -2.13. The number of benzene rings is 2. The average Bonchev–Trinajstić information content (AvgIpc) is 3.12. The fraction of sp³-hybridized carbons (Fsp3) is 0.0909. The number of amides is 2. The van der Waals surface area contributed by atoms with Gasteiger partial charge in [0.2, 0.25) is 5.91 Å². The zero-order valence-electron chi connectivity index (χ0n) is 16.1. The summed E-state index contributed by atoms with van der Waals surface area (Å²) in [6, 6.07) is 16.6. The second-order valence-corrected chi connectivity index (χ2v) is 7.16. The van der Waals surface area contributed by atoms with Gasteiger partial charge in [-0.15, -0.1) is 0 Å². The van der Waals surface area contributed by atoms with Crippen molar-refractivity contribution < 1.29 is 9.59 Å². The predicted octanol–water partition coefficient (Wildman–Crippen LogP) is 4.34. The van der Waals surface area contributed by atoms with E-state index in [9.17, 15) is 9.59 Å². The highest BCUT2D eigenvalue weighted by Gasteiger charge is 2.12. The standard InChI is InChI=1S/C22H18ClN5O2/c1-14(29)26-20-8-7-18(10-19(20)23)27-22(30)17-9-16-12-25-28(21(16)24-11-17)13-15-5-3-2-4-6-15/h2-12H,13H2,1H3,(H,26,29)(H,27,30). The Bertz CT molecular complexity index is 1240. The maximum Gasteiger partial charge on any atom is 0.257 e. The zero-order valence-corrected chi connectivity index (χ0v) is 16.8. The van der Waals surface area contributed by atoms with Crippen LogP contribution in [0.1, 0.15) is 22.8 Å². The van der Waals surface area contributed by atoms with Crippen molar-refractivity contribution in [2.45, 2.75) is 13.5 Å². The van der Waals surface area contributed by atoms with E-state index in [0.717, 1.165) is 10.9 Å². The van der Waals surface area contributed by atoms with Crippen LogP contribution in [0.4, 0.5) is 11.4 Å². The van der Waals surface area contributed by atoms with Gasteiger partial charge in [-0.1, -0.05) is 41.9 Å². The van der Waals surface area contributed by atoms with E-state index >= 15 is 0 Å². The Morgan fingerprint density at radius 1 is 1.03 bits per heavy atom. The number of hydrogen-bond donors (Lipinski definition) is 2. The van der Waals surface area contributed by atoms with Crippen LogP contribution < -0.4 is 10.6 Å². The predicted molar refractivity (Wildman–Crippen MR) is 117 cm³/mol. The van der Waals surface area contributed by atoms with E-state index in [0.29, 0.717) is 34.2 Å². The normalized spacial score (nSPS) is 10.7. The van der Waals surface area contributed by atoms with Crippen molar-refractivity contribution in [3.05, 3.63) is 83.1 Å². The molecule has 2 N–H and O–H groups in total. The minimum atomic E-state index is -0.316. The van der Waals surface area contributed by atoms with Crippen molar-refractivity contribution in [3.63, 3.8) is 0 Å². The molecule has 30 heavy (non-hydrogen) atoms. The monoisotopic (exact) mass is 419 g/mol. The Morgan fingerprint density at radius 2 is 1.83 bits per heavy atom. The highest BCUT2D eigenvalue weighted by molar-refractivity contribution is 6.34. The van der Waals surface area contributed by atoms with Crippen molar-refractivity contribution in [3.8, 4) is 0 Å². The minimum absolute atomic E-state index is 0.221. The van der Waals surface area contributed by atoms with Crippen LogP contribution >= 0.6 is 11.6 Å². The van der Waals surface area contributed by atoms with Crippen LogP contribution in [0.3, 0.4) is 0 Å². The van der Waals surface area contributed by atoms with Gasteiger partial charge in [0.1, 0.15) is 0 Å². The van der Waals surface area contributed by atoms with E-state index in [2.05, 4.69) is 20.7 Å². The van der Waals surface area contributed by atoms with E-state index in [1.165, 1.54) is 13.1 Å². The van der Waals surface area contributed by atoms with Crippen LogP contribution in [0.5, 0.6) is 0 Å². The Balaban J connectivity index is 1.51. The lowest BCUT2D eigenvalue weighted by atomic mass is 10.2. The maximum absolute atomic E-state index is 12.6. The van der Waals surface area contributed by atoms with Crippen LogP contribution in [0.15, 0.2) is 67.0 Å². The van der Waals surface area contributed by atoms with Gasteiger partial charge < -0.3 is 10.6 Å². The molecule has 0 unspecified atom stereocenters. The molecule has 2 aromatic heterocycles. The van der Waals surface area contributed by atoms with Crippen molar-refractivity contribution >= 4 is 45.8 Å². The van der Waals surface area contributed by atoms with Crippen molar-refractivity contribution in [1.82, 2.24) is 14.8 Å². The van der Waals surface area contributed by atoms with Crippen LogP contribution in [0.2, 0.25) is 5.02 Å². The van der Waals surface area contributed by atoms with Gasteiger partial charge in [0.25, 0.3) is 5.91 Å². The molecule has 0 fully saturated rings. The zero-order chi connectivity index (χ0) is 21.1. The number of hydrogen-bond acceptors (Lipinski definition) is 4. The molecule has 7 nitrogen and oxygen atoms in total. The molecule has 150 valence electrons. The molecule has 0 spiro atoms. The van der Waals surface area contributed by atoms with E-state index in [1.807, 2.05) is 30.3 Å². The minimum Gasteiger partial charge on any atom is -0.325 e. The molecule has 4 rings (SSSR count). The molecule has 2 amide bonds. The van der Waals surface area contributed by atoms with E-state index in [-0.39, 0.29) is 11.8 Å².